The van der Waals surface area contributed by atoms with E-state index in [9.17, 15) is 18.0 Å². The number of carbonyl (C=O) groups is 1. The molecule has 0 saturated carbocycles. The quantitative estimate of drug-likeness (QED) is 0.508. The van der Waals surface area contributed by atoms with E-state index in [1.165, 1.54) is 6.07 Å². The van der Waals surface area contributed by atoms with E-state index in [-0.39, 0.29) is 11.9 Å². The van der Waals surface area contributed by atoms with E-state index in [1.807, 2.05) is 6.07 Å². The zero-order chi connectivity index (χ0) is 22.3. The van der Waals surface area contributed by atoms with Gasteiger partial charge in [0.05, 0.1) is 22.8 Å². The molecule has 1 aliphatic rings. The first-order valence-electron chi connectivity index (χ1n) is 10.2. The smallest absolute Gasteiger partial charge is 0.345 e. The SMILES string of the molecule is O=C(NC1CCCc2cnc(-c3ccnc(C(F)(F)F)c3)cc21)c1cc2cccnn2c1. The number of halogens is 3. The van der Waals surface area contributed by atoms with Gasteiger partial charge in [0.15, 0.2) is 0 Å². The van der Waals surface area contributed by atoms with Gasteiger partial charge in [-0.1, -0.05) is 0 Å². The van der Waals surface area contributed by atoms with Crippen LogP contribution in [0.5, 0.6) is 0 Å². The Hall–Kier alpha value is -3.75. The minimum atomic E-state index is -4.53. The lowest BCUT2D eigenvalue weighted by Gasteiger charge is -2.26. The van der Waals surface area contributed by atoms with Gasteiger partial charge in [-0.3, -0.25) is 14.8 Å². The molecule has 1 unspecified atom stereocenters. The molecule has 0 spiro atoms. The molecule has 5 rings (SSSR count). The predicted octanol–water partition coefficient (Wildman–Crippen LogP) is 4.62. The highest BCUT2D eigenvalue weighted by atomic mass is 19.4. The summed E-state index contributed by atoms with van der Waals surface area (Å²) in [5, 5.41) is 7.25. The van der Waals surface area contributed by atoms with Crippen LogP contribution < -0.4 is 5.32 Å². The normalized spacial score (nSPS) is 16.0. The lowest BCUT2D eigenvalue weighted by Crippen LogP contribution is -2.31. The van der Waals surface area contributed by atoms with Crippen molar-refractivity contribution >= 4 is 11.4 Å². The number of hydrogen-bond donors (Lipinski definition) is 1. The largest absolute Gasteiger partial charge is 0.433 e. The Morgan fingerprint density at radius 2 is 2.00 bits per heavy atom. The van der Waals surface area contributed by atoms with Crippen LogP contribution >= 0.6 is 0 Å². The fourth-order valence-corrected chi connectivity index (χ4v) is 4.05. The fourth-order valence-electron chi connectivity index (χ4n) is 4.05. The van der Waals surface area contributed by atoms with Gasteiger partial charge >= 0.3 is 6.18 Å². The third-order valence-electron chi connectivity index (χ3n) is 5.62. The van der Waals surface area contributed by atoms with Crippen molar-refractivity contribution in [3.63, 3.8) is 0 Å². The van der Waals surface area contributed by atoms with E-state index in [1.54, 1.807) is 41.3 Å². The Labute approximate surface area is 181 Å². The monoisotopic (exact) mass is 437 g/mol. The van der Waals surface area contributed by atoms with Gasteiger partial charge < -0.3 is 5.32 Å². The van der Waals surface area contributed by atoms with Crippen LogP contribution in [-0.2, 0) is 12.6 Å². The molecule has 0 aromatic carbocycles. The van der Waals surface area contributed by atoms with Gasteiger partial charge in [0, 0.05) is 30.4 Å². The molecule has 0 fully saturated rings. The van der Waals surface area contributed by atoms with Crippen LogP contribution in [0.4, 0.5) is 13.2 Å². The second-order valence-corrected chi connectivity index (χ2v) is 7.74. The molecule has 1 atom stereocenters. The molecule has 32 heavy (non-hydrogen) atoms. The average molecular weight is 437 g/mol. The third kappa shape index (κ3) is 3.81. The molecule has 0 bridgehead atoms. The van der Waals surface area contributed by atoms with Crippen molar-refractivity contribution in [2.45, 2.75) is 31.5 Å². The predicted molar refractivity (Wildman–Crippen MR) is 111 cm³/mol. The minimum absolute atomic E-state index is 0.227. The molecular weight excluding hydrogens is 419 g/mol. The van der Waals surface area contributed by atoms with Gasteiger partial charge in [0.1, 0.15) is 5.69 Å². The lowest BCUT2D eigenvalue weighted by molar-refractivity contribution is -0.141. The first-order chi connectivity index (χ1) is 15.4. The van der Waals surface area contributed by atoms with Gasteiger partial charge in [-0.05, 0) is 66.8 Å². The van der Waals surface area contributed by atoms with Crippen LogP contribution in [0, 0.1) is 0 Å². The standard InChI is InChI=1S/C23H18F3N5O/c24-23(25,26)21-10-14(6-8-27-21)20-11-18-15(12-28-20)3-1-5-19(18)30-22(32)16-9-17-4-2-7-29-31(17)13-16/h2,4,6-13,19H,1,3,5H2,(H,30,32). The molecule has 4 heterocycles. The number of nitrogens with one attached hydrogen (secondary N) is 1. The molecule has 1 amide bonds. The molecular formula is C23H18F3N5O. The summed E-state index contributed by atoms with van der Waals surface area (Å²) in [5.41, 5.74) is 2.95. The second kappa shape index (κ2) is 7.74. The highest BCUT2D eigenvalue weighted by Gasteiger charge is 2.32. The first kappa shape index (κ1) is 20.2. The minimum Gasteiger partial charge on any atom is -0.345 e. The molecule has 4 aromatic rings. The van der Waals surface area contributed by atoms with Crippen LogP contribution in [0.2, 0.25) is 0 Å². The summed E-state index contributed by atoms with van der Waals surface area (Å²) in [6.07, 6.45) is 4.02. The number of rotatable bonds is 3. The molecule has 0 radical (unpaired) electrons. The number of fused-ring (bicyclic) bond motifs is 2. The number of alkyl halides is 3. The number of pyridine rings is 2. The van der Waals surface area contributed by atoms with Gasteiger partial charge in [-0.25, -0.2) is 4.52 Å². The van der Waals surface area contributed by atoms with Gasteiger partial charge in [-0.15, -0.1) is 0 Å². The van der Waals surface area contributed by atoms with Crippen molar-refractivity contribution < 1.29 is 18.0 Å². The third-order valence-corrected chi connectivity index (χ3v) is 5.62. The summed E-state index contributed by atoms with van der Waals surface area (Å²) in [5.74, 6) is -0.227. The van der Waals surface area contributed by atoms with E-state index in [0.717, 1.165) is 48.2 Å². The van der Waals surface area contributed by atoms with Crippen molar-refractivity contribution in [3.05, 3.63) is 83.6 Å². The molecule has 0 saturated heterocycles. The topological polar surface area (TPSA) is 72.2 Å². The summed E-state index contributed by atoms with van der Waals surface area (Å²) >= 11 is 0. The maximum absolute atomic E-state index is 13.1. The molecule has 9 heteroatoms. The van der Waals surface area contributed by atoms with Crippen molar-refractivity contribution in [2.24, 2.45) is 0 Å². The average Bonchev–Trinajstić information content (AvgIpc) is 3.23. The Morgan fingerprint density at radius 1 is 1.12 bits per heavy atom. The molecule has 4 aromatic heterocycles. The molecule has 6 nitrogen and oxygen atoms in total. The van der Waals surface area contributed by atoms with Gasteiger partial charge in [0.2, 0.25) is 0 Å². The van der Waals surface area contributed by atoms with Crippen LogP contribution in [0.3, 0.4) is 0 Å². The zero-order valence-corrected chi connectivity index (χ0v) is 16.8. The van der Waals surface area contributed by atoms with Crippen LogP contribution in [0.1, 0.15) is 46.1 Å². The van der Waals surface area contributed by atoms with E-state index in [2.05, 4.69) is 20.4 Å². The molecule has 1 aliphatic carbocycles. The number of aromatic nitrogens is 4. The zero-order valence-electron chi connectivity index (χ0n) is 16.8. The number of aryl methyl sites for hydroxylation is 1. The first-order valence-corrected chi connectivity index (χ1v) is 10.2. The second-order valence-electron chi connectivity index (χ2n) is 7.74. The van der Waals surface area contributed by atoms with E-state index in [0.29, 0.717) is 16.8 Å². The van der Waals surface area contributed by atoms with Crippen LogP contribution in [0.25, 0.3) is 16.8 Å². The summed E-state index contributed by atoms with van der Waals surface area (Å²) in [7, 11) is 0. The summed E-state index contributed by atoms with van der Waals surface area (Å²) in [6.45, 7) is 0. The van der Waals surface area contributed by atoms with Gasteiger partial charge in [0.25, 0.3) is 5.91 Å². The van der Waals surface area contributed by atoms with Crippen LogP contribution in [-0.4, -0.2) is 25.5 Å². The lowest BCUT2D eigenvalue weighted by atomic mass is 9.87. The van der Waals surface area contributed by atoms with Crippen LogP contribution in [0.15, 0.2) is 61.2 Å². The van der Waals surface area contributed by atoms with Crippen molar-refractivity contribution in [3.8, 4) is 11.3 Å². The maximum atomic E-state index is 13.1. The summed E-state index contributed by atoms with van der Waals surface area (Å²) in [4.78, 5) is 20.7. The van der Waals surface area contributed by atoms with Crippen molar-refractivity contribution in [1.82, 2.24) is 24.9 Å². The Morgan fingerprint density at radius 3 is 2.81 bits per heavy atom. The highest BCUT2D eigenvalue weighted by Crippen LogP contribution is 2.34. The van der Waals surface area contributed by atoms with E-state index >= 15 is 0 Å². The highest BCUT2D eigenvalue weighted by molar-refractivity contribution is 5.95. The number of nitrogens with zero attached hydrogens (tertiary/aromatic N) is 4. The van der Waals surface area contributed by atoms with E-state index in [4.69, 9.17) is 0 Å². The maximum Gasteiger partial charge on any atom is 0.433 e. The molecule has 0 aliphatic heterocycles. The van der Waals surface area contributed by atoms with Gasteiger partial charge in [-0.2, -0.15) is 18.3 Å². The fraction of sp³-hybridized carbons (Fsp3) is 0.217. The Bertz CT molecular complexity index is 1280. The number of amides is 1. The summed E-state index contributed by atoms with van der Waals surface area (Å²) in [6, 6.07) is 9.43. The Kier molecular flexibility index (Phi) is 4.88. The summed E-state index contributed by atoms with van der Waals surface area (Å²) < 4.78 is 40.8. The molecule has 162 valence electrons. The van der Waals surface area contributed by atoms with E-state index < -0.39 is 11.9 Å². The number of hydrogen-bond acceptors (Lipinski definition) is 4. The van der Waals surface area contributed by atoms with Crippen molar-refractivity contribution in [1.29, 1.82) is 0 Å². The Balaban J connectivity index is 1.44. The number of carbonyl (C=O) groups excluding carboxylic acids is 1. The molecule has 1 N–H and O–H groups in total. The van der Waals surface area contributed by atoms with Crippen molar-refractivity contribution in [2.75, 3.05) is 0 Å².